The van der Waals surface area contributed by atoms with Crippen LogP contribution >= 0.6 is 0 Å². The summed E-state index contributed by atoms with van der Waals surface area (Å²) in [6.07, 6.45) is 1.76. The topological polar surface area (TPSA) is 17.1 Å². The highest BCUT2D eigenvalue weighted by atomic mass is 16.1. The number of hydrogen-bond donors (Lipinski definition) is 0. The molecule has 0 bridgehead atoms. The zero-order chi connectivity index (χ0) is 11.4. The van der Waals surface area contributed by atoms with Crippen LogP contribution in [0.2, 0.25) is 0 Å². The predicted octanol–water partition coefficient (Wildman–Crippen LogP) is 3.56. The molecule has 0 radical (unpaired) electrons. The molecule has 1 heteroatoms. The lowest BCUT2D eigenvalue weighted by Gasteiger charge is -2.01. The lowest BCUT2D eigenvalue weighted by molar-refractivity contribution is 0.103. The Hall–Kier alpha value is -2.15. The summed E-state index contributed by atoms with van der Waals surface area (Å²) in [5, 5.41) is 0. The highest BCUT2D eigenvalue weighted by Crippen LogP contribution is 2.11. The largest absolute Gasteiger partial charge is 0.289 e. The van der Waals surface area contributed by atoms with E-state index >= 15 is 0 Å². The molecule has 0 N–H and O–H groups in total. The minimum absolute atomic E-state index is 0.0520. The lowest BCUT2D eigenvalue weighted by atomic mass is 10.0. The first-order chi connectivity index (χ1) is 7.81. The van der Waals surface area contributed by atoms with Crippen LogP contribution in [0.1, 0.15) is 21.5 Å². The van der Waals surface area contributed by atoms with Crippen molar-refractivity contribution in [2.24, 2.45) is 0 Å². The van der Waals surface area contributed by atoms with Crippen LogP contribution in [-0.2, 0) is 0 Å². The van der Waals surface area contributed by atoms with Gasteiger partial charge in [-0.25, -0.2) is 0 Å². The van der Waals surface area contributed by atoms with Gasteiger partial charge in [0.25, 0.3) is 0 Å². The molecule has 0 spiro atoms. The summed E-state index contributed by atoms with van der Waals surface area (Å²) in [7, 11) is 0. The van der Waals surface area contributed by atoms with E-state index < -0.39 is 0 Å². The molecule has 16 heavy (non-hydrogen) atoms. The number of carbonyl (C=O) groups excluding carboxylic acids is 1. The fourth-order valence-corrected chi connectivity index (χ4v) is 1.53. The van der Waals surface area contributed by atoms with Crippen molar-refractivity contribution in [1.29, 1.82) is 0 Å². The van der Waals surface area contributed by atoms with E-state index in [-0.39, 0.29) is 5.78 Å². The molecule has 0 aliphatic heterocycles. The fourth-order valence-electron chi connectivity index (χ4n) is 1.53. The van der Waals surface area contributed by atoms with E-state index in [1.165, 1.54) is 0 Å². The molecule has 0 fully saturated rings. The average molecular weight is 208 g/mol. The molecule has 0 saturated heterocycles. The first-order valence-corrected chi connectivity index (χ1v) is 5.13. The zero-order valence-corrected chi connectivity index (χ0v) is 8.89. The summed E-state index contributed by atoms with van der Waals surface area (Å²) in [5.41, 5.74) is 2.44. The molecule has 0 unspecified atom stereocenters. The number of ketones is 1. The normalized spacial score (nSPS) is 9.75. The monoisotopic (exact) mass is 208 g/mol. The molecule has 1 nitrogen and oxygen atoms in total. The molecule has 78 valence electrons. The Balaban J connectivity index is 2.31. The van der Waals surface area contributed by atoms with Crippen molar-refractivity contribution in [3.63, 3.8) is 0 Å². The van der Waals surface area contributed by atoms with Crippen LogP contribution in [0.15, 0.2) is 61.2 Å². The van der Waals surface area contributed by atoms with E-state index in [0.29, 0.717) is 11.1 Å². The van der Waals surface area contributed by atoms with E-state index in [2.05, 4.69) is 6.58 Å². The highest BCUT2D eigenvalue weighted by Gasteiger charge is 2.07. The van der Waals surface area contributed by atoms with Crippen LogP contribution in [0.4, 0.5) is 0 Å². The summed E-state index contributed by atoms with van der Waals surface area (Å²) < 4.78 is 0. The van der Waals surface area contributed by atoms with Gasteiger partial charge in [0.05, 0.1) is 0 Å². The number of rotatable bonds is 3. The molecule has 0 amide bonds. The van der Waals surface area contributed by atoms with Gasteiger partial charge in [-0.1, -0.05) is 67.3 Å². The molecule has 0 aromatic heterocycles. The molecule has 0 saturated carbocycles. The van der Waals surface area contributed by atoms with Crippen molar-refractivity contribution in [2.75, 3.05) is 0 Å². The minimum Gasteiger partial charge on any atom is -0.289 e. The Bertz CT molecular complexity index is 495. The van der Waals surface area contributed by atoms with Gasteiger partial charge in [-0.15, -0.1) is 0 Å². The van der Waals surface area contributed by atoms with Crippen LogP contribution in [0.25, 0.3) is 6.08 Å². The van der Waals surface area contributed by atoms with Crippen LogP contribution in [0.5, 0.6) is 0 Å². The van der Waals surface area contributed by atoms with Crippen LogP contribution < -0.4 is 0 Å². The van der Waals surface area contributed by atoms with Crippen LogP contribution in [0, 0.1) is 0 Å². The smallest absolute Gasteiger partial charge is 0.193 e. The maximum absolute atomic E-state index is 12.0. The van der Waals surface area contributed by atoms with Crippen LogP contribution in [0.3, 0.4) is 0 Å². The van der Waals surface area contributed by atoms with Crippen molar-refractivity contribution in [1.82, 2.24) is 0 Å². The summed E-state index contributed by atoms with van der Waals surface area (Å²) in [6.45, 7) is 3.68. The maximum atomic E-state index is 12.0. The summed E-state index contributed by atoms with van der Waals surface area (Å²) in [6, 6.07) is 16.7. The zero-order valence-electron chi connectivity index (χ0n) is 8.89. The van der Waals surface area contributed by atoms with Crippen molar-refractivity contribution in [3.8, 4) is 0 Å². The van der Waals surface area contributed by atoms with Crippen LogP contribution in [-0.4, -0.2) is 5.78 Å². The summed E-state index contributed by atoms with van der Waals surface area (Å²) in [5.74, 6) is 0.0520. The van der Waals surface area contributed by atoms with Gasteiger partial charge in [0.2, 0.25) is 0 Å². The Morgan fingerprint density at radius 2 is 1.44 bits per heavy atom. The van der Waals surface area contributed by atoms with Gasteiger partial charge in [-0.3, -0.25) is 4.79 Å². The molecule has 2 aromatic rings. The second-order valence-corrected chi connectivity index (χ2v) is 3.52. The Labute approximate surface area is 95.1 Å². The predicted molar refractivity (Wildman–Crippen MR) is 66.4 cm³/mol. The molecular formula is C15H12O. The van der Waals surface area contributed by atoms with E-state index in [1.54, 1.807) is 6.08 Å². The molecular weight excluding hydrogens is 196 g/mol. The van der Waals surface area contributed by atoms with E-state index in [0.717, 1.165) is 5.56 Å². The summed E-state index contributed by atoms with van der Waals surface area (Å²) in [4.78, 5) is 12.0. The van der Waals surface area contributed by atoms with Crippen molar-refractivity contribution >= 4 is 11.9 Å². The van der Waals surface area contributed by atoms with Gasteiger partial charge in [0.15, 0.2) is 5.78 Å². The number of hydrogen-bond acceptors (Lipinski definition) is 1. The third-order valence-corrected chi connectivity index (χ3v) is 2.44. The second-order valence-electron chi connectivity index (χ2n) is 3.52. The molecule has 0 aliphatic carbocycles. The average Bonchev–Trinajstić information content (AvgIpc) is 2.39. The SMILES string of the molecule is C=Cc1ccc(C(=O)c2ccccc2)cc1. The van der Waals surface area contributed by atoms with E-state index in [1.807, 2.05) is 54.6 Å². The van der Waals surface area contributed by atoms with E-state index in [4.69, 9.17) is 0 Å². The Kier molecular flexibility index (Phi) is 2.97. The maximum Gasteiger partial charge on any atom is 0.193 e. The van der Waals surface area contributed by atoms with Gasteiger partial charge in [-0.05, 0) is 5.56 Å². The van der Waals surface area contributed by atoms with Crippen molar-refractivity contribution in [3.05, 3.63) is 77.9 Å². The molecule has 2 aromatic carbocycles. The minimum atomic E-state index is 0.0520. The van der Waals surface area contributed by atoms with Gasteiger partial charge in [0, 0.05) is 11.1 Å². The standard InChI is InChI=1S/C15H12O/c1-2-12-8-10-14(11-9-12)15(16)13-6-4-3-5-7-13/h2-11H,1H2. The molecule has 0 atom stereocenters. The first kappa shape index (κ1) is 10.4. The molecule has 0 heterocycles. The number of benzene rings is 2. The number of carbonyl (C=O) groups is 1. The van der Waals surface area contributed by atoms with Gasteiger partial charge < -0.3 is 0 Å². The van der Waals surface area contributed by atoms with Gasteiger partial charge >= 0.3 is 0 Å². The first-order valence-electron chi connectivity index (χ1n) is 5.13. The highest BCUT2D eigenvalue weighted by molar-refractivity contribution is 6.08. The lowest BCUT2D eigenvalue weighted by Crippen LogP contribution is -2.00. The third kappa shape index (κ3) is 2.09. The molecule has 2 rings (SSSR count). The van der Waals surface area contributed by atoms with Crippen molar-refractivity contribution < 1.29 is 4.79 Å². The van der Waals surface area contributed by atoms with Crippen molar-refractivity contribution in [2.45, 2.75) is 0 Å². The summed E-state index contributed by atoms with van der Waals surface area (Å²) >= 11 is 0. The third-order valence-electron chi connectivity index (χ3n) is 2.44. The Morgan fingerprint density at radius 1 is 0.875 bits per heavy atom. The fraction of sp³-hybridized carbons (Fsp3) is 0. The van der Waals surface area contributed by atoms with E-state index in [9.17, 15) is 4.79 Å². The molecule has 0 aliphatic rings. The quantitative estimate of drug-likeness (QED) is 0.705. The van der Waals surface area contributed by atoms with Gasteiger partial charge in [0.1, 0.15) is 0 Å². The Morgan fingerprint density at radius 3 is 2.00 bits per heavy atom. The second kappa shape index (κ2) is 4.58. The van der Waals surface area contributed by atoms with Gasteiger partial charge in [-0.2, -0.15) is 0 Å².